The minimum Gasteiger partial charge on any atom is -0.302 e. The number of nitrogens with one attached hydrogen (secondary N) is 1. The van der Waals surface area contributed by atoms with E-state index in [0.717, 1.165) is 0 Å². The summed E-state index contributed by atoms with van der Waals surface area (Å²) in [6.07, 6.45) is 2.63. The molecule has 0 aliphatic heterocycles. The first-order valence-corrected chi connectivity index (χ1v) is 9.71. The van der Waals surface area contributed by atoms with Crippen molar-refractivity contribution >= 4 is 50.7 Å². The zero-order valence-corrected chi connectivity index (χ0v) is 15.9. The summed E-state index contributed by atoms with van der Waals surface area (Å²) in [6, 6.07) is 10.7. The number of nitrogens with zero attached hydrogens (tertiary/aromatic N) is 2. The highest BCUT2D eigenvalue weighted by Gasteiger charge is 2.23. The number of imidazole rings is 1. The quantitative estimate of drug-likeness (QED) is 0.679. The van der Waals surface area contributed by atoms with Gasteiger partial charge in [-0.15, -0.1) is 0 Å². The average molecular weight is 431 g/mol. The Bertz CT molecular complexity index is 1080. The molecular formula is C16H10Cl3N3O3S. The fourth-order valence-electron chi connectivity index (χ4n) is 2.19. The average Bonchev–Trinajstić information content (AvgIpc) is 3.04. The Morgan fingerprint density at radius 3 is 2.23 bits per heavy atom. The van der Waals surface area contributed by atoms with Crippen molar-refractivity contribution in [3.05, 3.63) is 75.8 Å². The van der Waals surface area contributed by atoms with Crippen LogP contribution in [0.4, 0.5) is 0 Å². The Hall–Kier alpha value is -2.06. The Morgan fingerprint density at radius 1 is 0.962 bits per heavy atom. The molecule has 0 spiro atoms. The lowest BCUT2D eigenvalue weighted by molar-refractivity contribution is 0.0977. The molecule has 0 atom stereocenters. The predicted molar refractivity (Wildman–Crippen MR) is 99.7 cm³/mol. The Morgan fingerprint density at radius 2 is 1.58 bits per heavy atom. The molecule has 0 fully saturated rings. The van der Waals surface area contributed by atoms with Gasteiger partial charge in [0, 0.05) is 6.20 Å². The summed E-state index contributed by atoms with van der Waals surface area (Å²) in [7, 11) is -4.14. The number of halogens is 3. The van der Waals surface area contributed by atoms with E-state index in [1.54, 1.807) is 24.3 Å². The lowest BCUT2D eigenvalue weighted by atomic mass is 10.3. The number of amides is 1. The third-order valence-corrected chi connectivity index (χ3v) is 5.80. The minimum atomic E-state index is -4.14. The first-order chi connectivity index (χ1) is 12.3. The van der Waals surface area contributed by atoms with E-state index in [1.165, 1.54) is 35.3 Å². The summed E-state index contributed by atoms with van der Waals surface area (Å²) >= 11 is 18.1. The van der Waals surface area contributed by atoms with Crippen molar-refractivity contribution < 1.29 is 13.2 Å². The molecule has 0 saturated carbocycles. The van der Waals surface area contributed by atoms with Crippen molar-refractivity contribution in [3.63, 3.8) is 0 Å². The number of benzene rings is 2. The van der Waals surface area contributed by atoms with Gasteiger partial charge in [-0.1, -0.05) is 53.0 Å². The fourth-order valence-corrected chi connectivity index (χ4v) is 4.26. The van der Waals surface area contributed by atoms with E-state index in [9.17, 15) is 13.2 Å². The van der Waals surface area contributed by atoms with Crippen LogP contribution in [0.3, 0.4) is 0 Å². The van der Waals surface area contributed by atoms with E-state index >= 15 is 0 Å². The lowest BCUT2D eigenvalue weighted by Crippen LogP contribution is -2.31. The van der Waals surface area contributed by atoms with Gasteiger partial charge in [-0.2, -0.15) is 0 Å². The zero-order valence-electron chi connectivity index (χ0n) is 12.9. The van der Waals surface area contributed by atoms with Gasteiger partial charge in [0.1, 0.15) is 16.9 Å². The van der Waals surface area contributed by atoms with Crippen LogP contribution in [-0.2, 0) is 10.0 Å². The Kier molecular flexibility index (Phi) is 5.24. The zero-order chi connectivity index (χ0) is 18.9. The van der Waals surface area contributed by atoms with Crippen LogP contribution in [0.25, 0.3) is 5.69 Å². The van der Waals surface area contributed by atoms with E-state index in [-0.39, 0.29) is 15.6 Å². The summed E-state index contributed by atoms with van der Waals surface area (Å²) < 4.78 is 28.0. The van der Waals surface area contributed by atoms with E-state index in [0.29, 0.717) is 15.7 Å². The maximum Gasteiger partial charge on any atom is 0.285 e. The van der Waals surface area contributed by atoms with Crippen LogP contribution in [0.1, 0.15) is 10.5 Å². The highest BCUT2D eigenvalue weighted by Crippen LogP contribution is 2.28. The van der Waals surface area contributed by atoms with Gasteiger partial charge >= 0.3 is 0 Å². The van der Waals surface area contributed by atoms with Crippen molar-refractivity contribution in [3.8, 4) is 5.69 Å². The molecular weight excluding hydrogens is 421 g/mol. The van der Waals surface area contributed by atoms with Gasteiger partial charge in [-0.05, 0) is 24.3 Å². The number of sulfonamides is 1. The molecule has 0 radical (unpaired) electrons. The first-order valence-electron chi connectivity index (χ1n) is 7.09. The summed E-state index contributed by atoms with van der Waals surface area (Å²) in [5.41, 5.74) is 0.299. The molecule has 0 aliphatic rings. The second-order valence-corrected chi connectivity index (χ2v) is 7.97. The van der Waals surface area contributed by atoms with Crippen LogP contribution in [0, 0.1) is 0 Å². The summed E-state index contributed by atoms with van der Waals surface area (Å²) in [5, 5.41) is 0.706. The highest BCUT2D eigenvalue weighted by molar-refractivity contribution is 7.90. The molecule has 1 aromatic heterocycles. The number of rotatable bonds is 4. The number of hydrogen-bond donors (Lipinski definition) is 1. The van der Waals surface area contributed by atoms with E-state index in [4.69, 9.17) is 34.8 Å². The maximum absolute atomic E-state index is 12.3. The van der Waals surface area contributed by atoms with Crippen molar-refractivity contribution in [2.45, 2.75) is 4.90 Å². The largest absolute Gasteiger partial charge is 0.302 e. The third kappa shape index (κ3) is 3.71. The number of para-hydroxylation sites is 1. The first kappa shape index (κ1) is 18.7. The van der Waals surface area contributed by atoms with Crippen molar-refractivity contribution in [1.82, 2.24) is 14.3 Å². The molecule has 26 heavy (non-hydrogen) atoms. The molecule has 10 heteroatoms. The van der Waals surface area contributed by atoms with Crippen LogP contribution in [0.5, 0.6) is 0 Å². The molecule has 0 aliphatic carbocycles. The predicted octanol–water partition coefficient (Wildman–Crippen LogP) is 3.95. The molecule has 3 aromatic rings. The Balaban J connectivity index is 1.89. The standard InChI is InChI=1S/C16H10Cl3N3O3S/c17-10-4-1-2-7-14(10)26(24,25)21-16(23)13-8-22(9-20-13)15-11(18)5-3-6-12(15)19/h1-9H,(H,21,23). The Labute approximate surface area is 164 Å². The minimum absolute atomic E-state index is 0.00109. The number of hydrogen-bond acceptors (Lipinski definition) is 4. The van der Waals surface area contributed by atoms with Crippen molar-refractivity contribution in [1.29, 1.82) is 0 Å². The van der Waals surface area contributed by atoms with Gasteiger partial charge < -0.3 is 4.57 Å². The summed E-state index contributed by atoms with van der Waals surface area (Å²) in [4.78, 5) is 16.0. The van der Waals surface area contributed by atoms with E-state index < -0.39 is 15.9 Å². The van der Waals surface area contributed by atoms with Gasteiger partial charge in [0.2, 0.25) is 0 Å². The van der Waals surface area contributed by atoms with Gasteiger partial charge in [0.15, 0.2) is 0 Å². The van der Waals surface area contributed by atoms with Gasteiger partial charge in [0.25, 0.3) is 15.9 Å². The SMILES string of the molecule is O=C(NS(=O)(=O)c1ccccc1Cl)c1cn(-c2c(Cl)cccc2Cl)cn1. The molecule has 0 bridgehead atoms. The molecule has 1 amide bonds. The van der Waals surface area contributed by atoms with E-state index in [2.05, 4.69) is 4.98 Å². The van der Waals surface area contributed by atoms with Crippen LogP contribution in [0.15, 0.2) is 59.9 Å². The molecule has 6 nitrogen and oxygen atoms in total. The molecule has 3 rings (SSSR count). The van der Waals surface area contributed by atoms with Crippen molar-refractivity contribution in [2.75, 3.05) is 0 Å². The molecule has 2 aromatic carbocycles. The normalized spacial score (nSPS) is 11.3. The van der Waals surface area contributed by atoms with E-state index in [1.807, 2.05) is 4.72 Å². The molecule has 0 unspecified atom stereocenters. The smallest absolute Gasteiger partial charge is 0.285 e. The van der Waals surface area contributed by atoms with Crippen LogP contribution < -0.4 is 4.72 Å². The monoisotopic (exact) mass is 429 g/mol. The molecule has 0 saturated heterocycles. The summed E-state index contributed by atoms with van der Waals surface area (Å²) in [5.74, 6) is -0.910. The summed E-state index contributed by atoms with van der Waals surface area (Å²) in [6.45, 7) is 0. The fraction of sp³-hybridized carbons (Fsp3) is 0. The van der Waals surface area contributed by atoms with Gasteiger partial charge in [-0.3, -0.25) is 4.79 Å². The molecule has 1 N–H and O–H groups in total. The molecule has 1 heterocycles. The number of carbonyl (C=O) groups excluding carboxylic acids is 1. The molecule has 134 valence electrons. The lowest BCUT2D eigenvalue weighted by Gasteiger charge is -2.07. The maximum atomic E-state index is 12.3. The highest BCUT2D eigenvalue weighted by atomic mass is 35.5. The van der Waals surface area contributed by atoms with Crippen LogP contribution in [0.2, 0.25) is 15.1 Å². The second-order valence-electron chi connectivity index (χ2n) is 5.10. The third-order valence-electron chi connectivity index (χ3n) is 3.36. The second kappa shape index (κ2) is 7.28. The van der Waals surface area contributed by atoms with Gasteiger partial charge in [-0.25, -0.2) is 18.1 Å². The number of carbonyl (C=O) groups is 1. The topological polar surface area (TPSA) is 81.1 Å². The van der Waals surface area contributed by atoms with Crippen LogP contribution >= 0.6 is 34.8 Å². The number of aromatic nitrogens is 2. The van der Waals surface area contributed by atoms with Crippen molar-refractivity contribution in [2.24, 2.45) is 0 Å². The van der Waals surface area contributed by atoms with Gasteiger partial charge in [0.05, 0.1) is 20.8 Å². The van der Waals surface area contributed by atoms with Crippen LogP contribution in [-0.4, -0.2) is 23.9 Å².